The van der Waals surface area contributed by atoms with Gasteiger partial charge in [-0.1, -0.05) is 31.5 Å². The molecule has 1 aromatic carbocycles. The Morgan fingerprint density at radius 2 is 2.16 bits per heavy atom. The molecule has 1 fully saturated rings. The van der Waals surface area contributed by atoms with Gasteiger partial charge in [-0.15, -0.1) is 0 Å². The summed E-state index contributed by atoms with van der Waals surface area (Å²) < 4.78 is 0. The van der Waals surface area contributed by atoms with E-state index in [0.717, 1.165) is 31.0 Å². The molecule has 0 bridgehead atoms. The number of hydrogen-bond acceptors (Lipinski definition) is 2. The highest BCUT2D eigenvalue weighted by atomic mass is 35.5. The number of halogens is 1. The van der Waals surface area contributed by atoms with Crippen molar-refractivity contribution in [1.29, 1.82) is 0 Å². The summed E-state index contributed by atoms with van der Waals surface area (Å²) >= 11 is 6.29. The van der Waals surface area contributed by atoms with Crippen molar-refractivity contribution in [2.45, 2.75) is 52.1 Å². The van der Waals surface area contributed by atoms with Gasteiger partial charge in [0.05, 0.1) is 0 Å². The minimum Gasteiger partial charge on any atom is -0.365 e. The standard InChI is InChI=1S/C16H25ClN2/c1-5-13-10-18-16(4,6-2)11-19(13)15-9-7-8-14(17)12(15)3/h7-9,13,18H,5-6,10-11H2,1-4H3. The average molecular weight is 281 g/mol. The Hall–Kier alpha value is -0.730. The SMILES string of the molecule is CCC1CNC(C)(CC)CN1c1cccc(Cl)c1C. The molecule has 1 aromatic rings. The van der Waals surface area contributed by atoms with E-state index in [0.29, 0.717) is 6.04 Å². The van der Waals surface area contributed by atoms with Gasteiger partial charge in [0.1, 0.15) is 0 Å². The van der Waals surface area contributed by atoms with Crippen LogP contribution in [-0.4, -0.2) is 24.7 Å². The van der Waals surface area contributed by atoms with Crippen LogP contribution >= 0.6 is 11.6 Å². The smallest absolute Gasteiger partial charge is 0.0455 e. The van der Waals surface area contributed by atoms with Gasteiger partial charge >= 0.3 is 0 Å². The molecule has 19 heavy (non-hydrogen) atoms. The van der Waals surface area contributed by atoms with Crippen LogP contribution in [0, 0.1) is 6.92 Å². The van der Waals surface area contributed by atoms with Gasteiger partial charge in [0.25, 0.3) is 0 Å². The maximum atomic E-state index is 6.29. The summed E-state index contributed by atoms with van der Waals surface area (Å²) in [5.41, 5.74) is 2.68. The van der Waals surface area contributed by atoms with E-state index in [2.05, 4.69) is 50.0 Å². The first-order chi connectivity index (χ1) is 9.00. The van der Waals surface area contributed by atoms with E-state index in [1.165, 1.54) is 11.3 Å². The van der Waals surface area contributed by atoms with Crippen LogP contribution in [0.3, 0.4) is 0 Å². The Labute approximate surface area is 122 Å². The average Bonchev–Trinajstić information content (AvgIpc) is 2.42. The summed E-state index contributed by atoms with van der Waals surface area (Å²) in [6.07, 6.45) is 2.29. The fraction of sp³-hybridized carbons (Fsp3) is 0.625. The lowest BCUT2D eigenvalue weighted by molar-refractivity contribution is 0.276. The van der Waals surface area contributed by atoms with E-state index < -0.39 is 0 Å². The first-order valence-electron chi connectivity index (χ1n) is 7.27. The Kier molecular flexibility index (Phi) is 4.42. The summed E-state index contributed by atoms with van der Waals surface area (Å²) in [4.78, 5) is 2.54. The summed E-state index contributed by atoms with van der Waals surface area (Å²) in [5.74, 6) is 0. The van der Waals surface area contributed by atoms with Crippen molar-refractivity contribution in [3.8, 4) is 0 Å². The first kappa shape index (κ1) is 14.7. The minimum absolute atomic E-state index is 0.195. The van der Waals surface area contributed by atoms with E-state index in [9.17, 15) is 0 Å². The minimum atomic E-state index is 0.195. The number of nitrogens with one attached hydrogen (secondary N) is 1. The van der Waals surface area contributed by atoms with Gasteiger partial charge in [0.15, 0.2) is 0 Å². The predicted octanol–water partition coefficient (Wildman–Crippen LogP) is 4.01. The highest BCUT2D eigenvalue weighted by molar-refractivity contribution is 6.31. The maximum Gasteiger partial charge on any atom is 0.0455 e. The third kappa shape index (κ3) is 2.90. The maximum absolute atomic E-state index is 6.29. The molecule has 0 radical (unpaired) electrons. The quantitative estimate of drug-likeness (QED) is 0.900. The molecule has 2 rings (SSSR count). The summed E-state index contributed by atoms with van der Waals surface area (Å²) in [7, 11) is 0. The molecule has 2 nitrogen and oxygen atoms in total. The molecule has 2 unspecified atom stereocenters. The fourth-order valence-corrected chi connectivity index (χ4v) is 3.00. The number of piperazine rings is 1. The van der Waals surface area contributed by atoms with Crippen molar-refractivity contribution in [2.24, 2.45) is 0 Å². The normalized spacial score (nSPS) is 27.6. The van der Waals surface area contributed by atoms with Gasteiger partial charge in [0.2, 0.25) is 0 Å². The van der Waals surface area contributed by atoms with Gasteiger partial charge in [0, 0.05) is 35.4 Å². The third-order valence-corrected chi connectivity index (χ3v) is 4.93. The number of anilines is 1. The van der Waals surface area contributed by atoms with E-state index in [1.54, 1.807) is 0 Å². The summed E-state index contributed by atoms with van der Waals surface area (Å²) in [5, 5.41) is 4.57. The van der Waals surface area contributed by atoms with E-state index in [-0.39, 0.29) is 5.54 Å². The zero-order valence-electron chi connectivity index (χ0n) is 12.5. The molecule has 1 aliphatic heterocycles. The van der Waals surface area contributed by atoms with Crippen LogP contribution in [0.2, 0.25) is 5.02 Å². The molecule has 1 aliphatic rings. The summed E-state index contributed by atoms with van der Waals surface area (Å²) in [6, 6.07) is 6.79. The molecule has 2 atom stereocenters. The Bertz CT molecular complexity index is 446. The molecule has 106 valence electrons. The Morgan fingerprint density at radius 1 is 1.42 bits per heavy atom. The lowest BCUT2D eigenvalue weighted by Crippen LogP contribution is -2.62. The van der Waals surface area contributed by atoms with Crippen LogP contribution in [0.5, 0.6) is 0 Å². The highest BCUT2D eigenvalue weighted by Crippen LogP contribution is 2.32. The van der Waals surface area contributed by atoms with Crippen LogP contribution in [-0.2, 0) is 0 Å². The molecule has 1 heterocycles. The van der Waals surface area contributed by atoms with Gasteiger partial charge in [-0.3, -0.25) is 0 Å². The highest BCUT2D eigenvalue weighted by Gasteiger charge is 2.34. The predicted molar refractivity (Wildman–Crippen MR) is 84.3 cm³/mol. The second-order valence-electron chi connectivity index (χ2n) is 5.87. The van der Waals surface area contributed by atoms with E-state index >= 15 is 0 Å². The number of nitrogens with zero attached hydrogens (tertiary/aromatic N) is 1. The Morgan fingerprint density at radius 3 is 2.79 bits per heavy atom. The molecule has 0 amide bonds. The molecular weight excluding hydrogens is 256 g/mol. The number of rotatable bonds is 3. The van der Waals surface area contributed by atoms with Crippen molar-refractivity contribution >= 4 is 17.3 Å². The molecule has 3 heteroatoms. The lowest BCUT2D eigenvalue weighted by atomic mass is 9.92. The first-order valence-corrected chi connectivity index (χ1v) is 7.65. The van der Waals surface area contributed by atoms with E-state index in [1.807, 2.05) is 6.07 Å². The van der Waals surface area contributed by atoms with Gasteiger partial charge in [-0.25, -0.2) is 0 Å². The zero-order chi connectivity index (χ0) is 14.0. The van der Waals surface area contributed by atoms with E-state index in [4.69, 9.17) is 11.6 Å². The number of hydrogen-bond donors (Lipinski definition) is 1. The third-order valence-electron chi connectivity index (χ3n) is 4.52. The molecule has 1 saturated heterocycles. The molecule has 1 N–H and O–H groups in total. The number of benzene rings is 1. The fourth-order valence-electron chi connectivity index (χ4n) is 2.83. The second kappa shape index (κ2) is 5.72. The molecule has 0 spiro atoms. The van der Waals surface area contributed by atoms with Gasteiger partial charge in [-0.05, 0) is 44.4 Å². The van der Waals surface area contributed by atoms with Crippen LogP contribution in [0.1, 0.15) is 39.2 Å². The topological polar surface area (TPSA) is 15.3 Å². The largest absolute Gasteiger partial charge is 0.365 e. The van der Waals surface area contributed by atoms with Gasteiger partial charge in [-0.2, -0.15) is 0 Å². The molecule has 0 aromatic heterocycles. The molecule has 0 aliphatic carbocycles. The van der Waals surface area contributed by atoms with Crippen LogP contribution < -0.4 is 10.2 Å². The lowest BCUT2D eigenvalue weighted by Gasteiger charge is -2.47. The van der Waals surface area contributed by atoms with Crippen molar-refractivity contribution in [3.63, 3.8) is 0 Å². The Balaban J connectivity index is 2.35. The van der Waals surface area contributed by atoms with Crippen molar-refractivity contribution in [1.82, 2.24) is 5.32 Å². The summed E-state index contributed by atoms with van der Waals surface area (Å²) in [6.45, 7) is 11.0. The van der Waals surface area contributed by atoms with Crippen LogP contribution in [0.4, 0.5) is 5.69 Å². The van der Waals surface area contributed by atoms with Gasteiger partial charge < -0.3 is 10.2 Å². The monoisotopic (exact) mass is 280 g/mol. The molecular formula is C16H25ClN2. The van der Waals surface area contributed by atoms with Crippen molar-refractivity contribution in [2.75, 3.05) is 18.0 Å². The molecule has 0 saturated carbocycles. The zero-order valence-corrected chi connectivity index (χ0v) is 13.2. The van der Waals surface area contributed by atoms with Crippen LogP contribution in [0.25, 0.3) is 0 Å². The van der Waals surface area contributed by atoms with Crippen molar-refractivity contribution in [3.05, 3.63) is 28.8 Å². The van der Waals surface area contributed by atoms with Crippen LogP contribution in [0.15, 0.2) is 18.2 Å². The van der Waals surface area contributed by atoms with Crippen molar-refractivity contribution < 1.29 is 0 Å². The second-order valence-corrected chi connectivity index (χ2v) is 6.28.